The van der Waals surface area contributed by atoms with E-state index in [-0.39, 0.29) is 11.9 Å². The first kappa shape index (κ1) is 21.5. The Balaban J connectivity index is 2.07. The topological polar surface area (TPSA) is 76.0 Å². The molecule has 0 heterocycles. The lowest BCUT2D eigenvalue weighted by atomic mass is 10.0. The number of hydrogen-bond donors (Lipinski definition) is 2. The predicted octanol–water partition coefficient (Wildman–Crippen LogP) is 4.47. The van der Waals surface area contributed by atoms with Crippen LogP contribution in [0.5, 0.6) is 11.5 Å². The Kier molecular flexibility index (Phi) is 8.56. The number of aryl methyl sites for hydroxylation is 2. The number of carbonyl (C=O) groups is 1. The summed E-state index contributed by atoms with van der Waals surface area (Å²) in [7, 11) is 1.70. The van der Waals surface area contributed by atoms with Crippen LogP contribution in [0.1, 0.15) is 36.5 Å². The number of aromatic hydroxyl groups is 1. The van der Waals surface area contributed by atoms with Crippen LogP contribution in [-0.2, 0) is 22.4 Å². The summed E-state index contributed by atoms with van der Waals surface area (Å²) in [6.07, 6.45) is 6.28. The molecule has 28 heavy (non-hydrogen) atoms. The van der Waals surface area contributed by atoms with E-state index < -0.39 is 5.97 Å². The third-order valence-electron chi connectivity index (χ3n) is 4.54. The molecule has 5 nitrogen and oxygen atoms in total. The fourth-order valence-electron chi connectivity index (χ4n) is 2.80. The molecule has 0 aliphatic carbocycles. The molecule has 0 saturated carbocycles. The standard InChI is InChI=1S/C23H28O5/c1-17(27-2)4-3-15-28-22-16-19(9-14-23(25)26)6-11-20(22)10-5-18-7-12-21(24)13-8-18/h6-9,11-14,16-17,24H,3-5,10,15H2,1-2H3,(H,25,26). The third kappa shape index (κ3) is 7.45. The average molecular weight is 384 g/mol. The minimum Gasteiger partial charge on any atom is -0.508 e. The molecular formula is C23H28O5. The minimum atomic E-state index is -0.979. The maximum Gasteiger partial charge on any atom is 0.328 e. The fourth-order valence-corrected chi connectivity index (χ4v) is 2.80. The molecule has 0 bridgehead atoms. The van der Waals surface area contributed by atoms with Crippen molar-refractivity contribution in [3.05, 3.63) is 65.2 Å². The van der Waals surface area contributed by atoms with Crippen LogP contribution in [0.3, 0.4) is 0 Å². The molecule has 0 saturated heterocycles. The highest BCUT2D eigenvalue weighted by atomic mass is 16.5. The summed E-state index contributed by atoms with van der Waals surface area (Å²) in [5.41, 5.74) is 2.99. The van der Waals surface area contributed by atoms with Gasteiger partial charge in [0.1, 0.15) is 11.5 Å². The van der Waals surface area contributed by atoms with Crippen LogP contribution in [0.25, 0.3) is 6.08 Å². The first-order valence-corrected chi connectivity index (χ1v) is 9.45. The maximum atomic E-state index is 10.8. The molecule has 150 valence electrons. The number of hydrogen-bond acceptors (Lipinski definition) is 4. The summed E-state index contributed by atoms with van der Waals surface area (Å²) < 4.78 is 11.3. The van der Waals surface area contributed by atoms with Crippen molar-refractivity contribution in [1.29, 1.82) is 0 Å². The third-order valence-corrected chi connectivity index (χ3v) is 4.54. The Morgan fingerprint density at radius 1 is 1.14 bits per heavy atom. The minimum absolute atomic E-state index is 0.197. The van der Waals surface area contributed by atoms with Crippen LogP contribution >= 0.6 is 0 Å². The second-order valence-electron chi connectivity index (χ2n) is 6.74. The Labute approximate surface area is 166 Å². The van der Waals surface area contributed by atoms with Crippen molar-refractivity contribution in [3.8, 4) is 11.5 Å². The lowest BCUT2D eigenvalue weighted by Crippen LogP contribution is -2.08. The van der Waals surface area contributed by atoms with Crippen LogP contribution in [0.15, 0.2) is 48.5 Å². The van der Waals surface area contributed by atoms with E-state index in [1.54, 1.807) is 25.3 Å². The Morgan fingerprint density at radius 3 is 2.57 bits per heavy atom. The molecule has 2 aromatic rings. The molecule has 0 spiro atoms. The normalized spacial score (nSPS) is 12.2. The molecule has 1 unspecified atom stereocenters. The van der Waals surface area contributed by atoms with Gasteiger partial charge >= 0.3 is 5.97 Å². The summed E-state index contributed by atoms with van der Waals surface area (Å²) in [6, 6.07) is 12.9. The molecule has 0 aliphatic heterocycles. The van der Waals surface area contributed by atoms with Crippen molar-refractivity contribution in [1.82, 2.24) is 0 Å². The molecule has 2 rings (SSSR count). The largest absolute Gasteiger partial charge is 0.508 e. The van der Waals surface area contributed by atoms with Gasteiger partial charge in [-0.2, -0.15) is 0 Å². The van der Waals surface area contributed by atoms with Crippen LogP contribution in [0, 0.1) is 0 Å². The number of rotatable bonds is 11. The van der Waals surface area contributed by atoms with E-state index in [4.69, 9.17) is 14.6 Å². The molecule has 0 radical (unpaired) electrons. The van der Waals surface area contributed by atoms with Gasteiger partial charge in [0, 0.05) is 13.2 Å². The van der Waals surface area contributed by atoms with Crippen LogP contribution in [-0.4, -0.2) is 36.0 Å². The van der Waals surface area contributed by atoms with Gasteiger partial charge in [-0.1, -0.05) is 24.3 Å². The molecular weight excluding hydrogens is 356 g/mol. The summed E-state index contributed by atoms with van der Waals surface area (Å²) in [4.78, 5) is 10.8. The van der Waals surface area contributed by atoms with Crippen molar-refractivity contribution in [2.45, 2.75) is 38.7 Å². The van der Waals surface area contributed by atoms with Crippen LogP contribution in [0.4, 0.5) is 0 Å². The quantitative estimate of drug-likeness (QED) is 0.442. The van der Waals surface area contributed by atoms with Crippen molar-refractivity contribution >= 4 is 12.0 Å². The monoisotopic (exact) mass is 384 g/mol. The summed E-state index contributed by atoms with van der Waals surface area (Å²) in [6.45, 7) is 2.60. The molecule has 0 aliphatic rings. The van der Waals surface area contributed by atoms with Gasteiger partial charge in [-0.15, -0.1) is 0 Å². The molecule has 5 heteroatoms. The highest BCUT2D eigenvalue weighted by Crippen LogP contribution is 2.24. The Hall–Kier alpha value is -2.79. The molecule has 0 fully saturated rings. The summed E-state index contributed by atoms with van der Waals surface area (Å²) in [5.74, 6) is 0.0523. The number of phenolic OH excluding ortho intramolecular Hbond substituents is 1. The van der Waals surface area contributed by atoms with E-state index in [0.717, 1.165) is 54.2 Å². The van der Waals surface area contributed by atoms with Crippen molar-refractivity contribution in [2.75, 3.05) is 13.7 Å². The van der Waals surface area contributed by atoms with Gasteiger partial charge in [-0.05, 0) is 73.6 Å². The van der Waals surface area contributed by atoms with Gasteiger partial charge in [0.25, 0.3) is 0 Å². The van der Waals surface area contributed by atoms with Gasteiger partial charge in [-0.3, -0.25) is 0 Å². The lowest BCUT2D eigenvalue weighted by molar-refractivity contribution is -0.131. The van der Waals surface area contributed by atoms with Crippen molar-refractivity contribution < 1.29 is 24.5 Å². The van der Waals surface area contributed by atoms with Gasteiger partial charge in [0.2, 0.25) is 0 Å². The first-order valence-electron chi connectivity index (χ1n) is 9.45. The maximum absolute atomic E-state index is 10.8. The van der Waals surface area contributed by atoms with Crippen molar-refractivity contribution in [2.24, 2.45) is 0 Å². The van der Waals surface area contributed by atoms with Crippen LogP contribution in [0.2, 0.25) is 0 Å². The fraction of sp³-hybridized carbons (Fsp3) is 0.348. The smallest absolute Gasteiger partial charge is 0.328 e. The van der Waals surface area contributed by atoms with E-state index in [9.17, 15) is 9.90 Å². The zero-order valence-corrected chi connectivity index (χ0v) is 16.4. The zero-order valence-electron chi connectivity index (χ0n) is 16.4. The van der Waals surface area contributed by atoms with E-state index in [1.165, 1.54) is 0 Å². The number of carboxylic acid groups (broad SMARTS) is 1. The Bertz CT molecular complexity index is 780. The predicted molar refractivity (Wildman–Crippen MR) is 110 cm³/mol. The van der Waals surface area contributed by atoms with E-state index in [2.05, 4.69) is 0 Å². The number of aliphatic carboxylic acids is 1. The van der Waals surface area contributed by atoms with Gasteiger partial charge in [-0.25, -0.2) is 4.79 Å². The number of benzene rings is 2. The second-order valence-corrected chi connectivity index (χ2v) is 6.74. The second kappa shape index (κ2) is 11.1. The molecule has 2 aromatic carbocycles. The van der Waals surface area contributed by atoms with E-state index in [1.807, 2.05) is 37.3 Å². The van der Waals surface area contributed by atoms with Gasteiger partial charge < -0.3 is 19.7 Å². The van der Waals surface area contributed by atoms with Gasteiger partial charge in [0.05, 0.1) is 12.7 Å². The van der Waals surface area contributed by atoms with Gasteiger partial charge in [0.15, 0.2) is 0 Å². The SMILES string of the molecule is COC(C)CCCOc1cc(C=CC(=O)O)ccc1CCc1ccc(O)cc1. The molecule has 1 atom stereocenters. The summed E-state index contributed by atoms with van der Waals surface area (Å²) in [5, 5.41) is 18.2. The number of ether oxygens (including phenoxy) is 2. The highest BCUT2D eigenvalue weighted by Gasteiger charge is 2.07. The number of carboxylic acids is 1. The highest BCUT2D eigenvalue weighted by molar-refractivity contribution is 5.85. The first-order chi connectivity index (χ1) is 13.5. The van der Waals surface area contributed by atoms with E-state index in [0.29, 0.717) is 6.61 Å². The Morgan fingerprint density at radius 2 is 1.89 bits per heavy atom. The van der Waals surface area contributed by atoms with Crippen LogP contribution < -0.4 is 4.74 Å². The average Bonchev–Trinajstić information content (AvgIpc) is 2.69. The lowest BCUT2D eigenvalue weighted by Gasteiger charge is -2.14. The molecule has 0 aromatic heterocycles. The molecule has 0 amide bonds. The van der Waals surface area contributed by atoms with E-state index >= 15 is 0 Å². The summed E-state index contributed by atoms with van der Waals surface area (Å²) >= 11 is 0. The van der Waals surface area contributed by atoms with Crippen molar-refractivity contribution in [3.63, 3.8) is 0 Å². The number of methoxy groups -OCH3 is 1. The number of phenols is 1. The molecule has 2 N–H and O–H groups in total. The zero-order chi connectivity index (χ0) is 20.4.